The molecule has 0 aromatic rings. The summed E-state index contributed by atoms with van der Waals surface area (Å²) >= 11 is 0. The van der Waals surface area contributed by atoms with Gasteiger partial charge in [0.2, 0.25) is 5.91 Å². The van der Waals surface area contributed by atoms with Crippen LogP contribution in [0.4, 0.5) is 0 Å². The number of nitrogens with one attached hydrogen (secondary N) is 1. The molecular weight excluding hydrogens is 190 g/mol. The maximum Gasteiger partial charge on any atom is 0.237 e. The van der Waals surface area contributed by atoms with Crippen LogP contribution >= 0.6 is 0 Å². The van der Waals surface area contributed by atoms with Crippen molar-refractivity contribution in [1.29, 1.82) is 0 Å². The molecule has 88 valence electrons. The van der Waals surface area contributed by atoms with E-state index in [0.717, 1.165) is 13.0 Å². The number of carbonyl (C=O) groups is 1. The molecule has 15 heavy (non-hydrogen) atoms. The summed E-state index contributed by atoms with van der Waals surface area (Å²) in [7, 11) is 4.10. The molecule has 0 aromatic heterocycles. The van der Waals surface area contributed by atoms with E-state index < -0.39 is 0 Å². The van der Waals surface area contributed by atoms with Crippen LogP contribution in [-0.4, -0.2) is 54.6 Å². The molecule has 1 amide bonds. The Morgan fingerprint density at radius 3 is 2.60 bits per heavy atom. The van der Waals surface area contributed by atoms with Gasteiger partial charge in [-0.2, -0.15) is 0 Å². The Balaban J connectivity index is 2.67. The van der Waals surface area contributed by atoms with Gasteiger partial charge >= 0.3 is 0 Å². The quantitative estimate of drug-likeness (QED) is 0.738. The molecular formula is C11H23N3O. The maximum absolute atomic E-state index is 11.7. The summed E-state index contributed by atoms with van der Waals surface area (Å²) < 4.78 is 0. The van der Waals surface area contributed by atoms with Crippen LogP contribution in [0.3, 0.4) is 0 Å². The molecule has 0 spiro atoms. The van der Waals surface area contributed by atoms with Gasteiger partial charge < -0.3 is 9.80 Å². The van der Waals surface area contributed by atoms with Crippen molar-refractivity contribution in [2.45, 2.75) is 38.9 Å². The van der Waals surface area contributed by atoms with Crippen molar-refractivity contribution >= 4 is 5.91 Å². The van der Waals surface area contributed by atoms with Crippen molar-refractivity contribution in [3.8, 4) is 0 Å². The molecule has 0 saturated carbocycles. The van der Waals surface area contributed by atoms with Crippen LogP contribution in [-0.2, 0) is 4.79 Å². The highest BCUT2D eigenvalue weighted by molar-refractivity contribution is 5.80. The Bertz CT molecular complexity index is 238. The van der Waals surface area contributed by atoms with Crippen LogP contribution in [0.1, 0.15) is 27.2 Å². The van der Waals surface area contributed by atoms with Gasteiger partial charge in [-0.1, -0.05) is 6.92 Å². The van der Waals surface area contributed by atoms with Gasteiger partial charge in [-0.15, -0.1) is 0 Å². The first-order valence-corrected chi connectivity index (χ1v) is 5.58. The van der Waals surface area contributed by atoms with E-state index in [-0.39, 0.29) is 17.6 Å². The second kappa shape index (κ2) is 4.49. The summed E-state index contributed by atoms with van der Waals surface area (Å²) in [6.45, 7) is 7.69. The minimum absolute atomic E-state index is 0.0229. The van der Waals surface area contributed by atoms with Crippen LogP contribution in [0, 0.1) is 0 Å². The largest absolute Gasteiger partial charge is 0.324 e. The van der Waals surface area contributed by atoms with E-state index in [4.69, 9.17) is 0 Å². The van der Waals surface area contributed by atoms with Gasteiger partial charge in [0, 0.05) is 12.1 Å². The van der Waals surface area contributed by atoms with Crippen molar-refractivity contribution in [3.05, 3.63) is 0 Å². The lowest BCUT2D eigenvalue weighted by molar-refractivity contribution is -0.129. The van der Waals surface area contributed by atoms with E-state index in [2.05, 4.69) is 45.1 Å². The first-order valence-electron chi connectivity index (χ1n) is 5.58. The molecule has 1 aliphatic heterocycles. The summed E-state index contributed by atoms with van der Waals surface area (Å²) in [6, 6.07) is 0. The van der Waals surface area contributed by atoms with E-state index >= 15 is 0 Å². The zero-order chi connectivity index (χ0) is 11.6. The summed E-state index contributed by atoms with van der Waals surface area (Å²) in [5, 5.41) is 3.23. The molecule has 1 atom stereocenters. The lowest BCUT2D eigenvalue weighted by atomic mass is 10.0. The molecule has 0 aliphatic carbocycles. The summed E-state index contributed by atoms with van der Waals surface area (Å²) in [5.74, 6) is 0.219. The van der Waals surface area contributed by atoms with E-state index in [1.54, 1.807) is 0 Å². The Kier molecular flexibility index (Phi) is 3.73. The fraction of sp³-hybridized carbons (Fsp3) is 0.909. The molecule has 4 nitrogen and oxygen atoms in total. The molecule has 4 heteroatoms. The Labute approximate surface area is 92.6 Å². The van der Waals surface area contributed by atoms with Gasteiger partial charge in [0.15, 0.2) is 0 Å². The molecule has 1 aliphatic rings. The number of carbonyl (C=O) groups excluding carboxylic acids is 1. The third-order valence-corrected chi connectivity index (χ3v) is 3.34. The molecule has 1 unspecified atom stereocenters. The lowest BCUT2D eigenvalue weighted by Gasteiger charge is -2.38. The molecule has 0 radical (unpaired) electrons. The summed E-state index contributed by atoms with van der Waals surface area (Å²) in [6.07, 6.45) is 1.19. The number of hydrogen-bond donors (Lipinski definition) is 1. The smallest absolute Gasteiger partial charge is 0.237 e. The van der Waals surface area contributed by atoms with Crippen LogP contribution in [0.5, 0.6) is 0 Å². The fourth-order valence-electron chi connectivity index (χ4n) is 1.71. The molecule has 1 saturated heterocycles. The highest BCUT2D eigenvalue weighted by atomic mass is 16.2. The topological polar surface area (TPSA) is 35.6 Å². The zero-order valence-electron chi connectivity index (χ0n) is 10.5. The van der Waals surface area contributed by atoms with Gasteiger partial charge in [-0.25, -0.2) is 0 Å². The minimum atomic E-state index is 0.0229. The summed E-state index contributed by atoms with van der Waals surface area (Å²) in [4.78, 5) is 15.8. The third kappa shape index (κ3) is 2.69. The predicted octanol–water partition coefficient (Wildman–Crippen LogP) is 0.495. The highest BCUT2D eigenvalue weighted by Gasteiger charge is 2.34. The third-order valence-electron chi connectivity index (χ3n) is 3.34. The van der Waals surface area contributed by atoms with Crippen LogP contribution in [0.25, 0.3) is 0 Å². The van der Waals surface area contributed by atoms with Crippen molar-refractivity contribution in [1.82, 2.24) is 15.1 Å². The van der Waals surface area contributed by atoms with Crippen molar-refractivity contribution < 1.29 is 4.79 Å². The van der Waals surface area contributed by atoms with Crippen molar-refractivity contribution in [2.75, 3.05) is 27.2 Å². The Morgan fingerprint density at radius 1 is 1.53 bits per heavy atom. The first-order chi connectivity index (χ1) is 6.88. The van der Waals surface area contributed by atoms with Crippen molar-refractivity contribution in [2.24, 2.45) is 0 Å². The molecule has 0 aromatic carbocycles. The average molecular weight is 213 g/mol. The first kappa shape index (κ1) is 12.5. The second-order valence-corrected chi connectivity index (χ2v) is 5.03. The van der Waals surface area contributed by atoms with Crippen LogP contribution in [0.2, 0.25) is 0 Å². The Hall–Kier alpha value is -0.610. The number of nitrogens with zero attached hydrogens (tertiary/aromatic N) is 2. The molecule has 1 heterocycles. The molecule has 0 bridgehead atoms. The standard InChI is InChI=1S/C11H23N3O/c1-6-9-12-7-10(15)14(9)8-11(2,3)13(4)5/h9,12H,6-8H2,1-5H3. The zero-order valence-corrected chi connectivity index (χ0v) is 10.5. The second-order valence-electron chi connectivity index (χ2n) is 5.03. The predicted molar refractivity (Wildman–Crippen MR) is 61.6 cm³/mol. The lowest BCUT2D eigenvalue weighted by Crippen LogP contribution is -2.51. The van der Waals surface area contributed by atoms with Crippen LogP contribution in [0.15, 0.2) is 0 Å². The number of rotatable bonds is 4. The number of hydrogen-bond acceptors (Lipinski definition) is 3. The van der Waals surface area contributed by atoms with Gasteiger partial charge in [0.1, 0.15) is 0 Å². The van der Waals surface area contributed by atoms with E-state index in [9.17, 15) is 4.79 Å². The molecule has 1 rings (SSSR count). The fourth-order valence-corrected chi connectivity index (χ4v) is 1.71. The monoisotopic (exact) mass is 213 g/mol. The average Bonchev–Trinajstić information content (AvgIpc) is 2.47. The minimum Gasteiger partial charge on any atom is -0.324 e. The van der Waals surface area contributed by atoms with E-state index in [0.29, 0.717) is 6.54 Å². The van der Waals surface area contributed by atoms with Gasteiger partial charge in [-0.05, 0) is 34.4 Å². The van der Waals surface area contributed by atoms with Gasteiger partial charge in [-0.3, -0.25) is 10.1 Å². The molecule has 1 N–H and O–H groups in total. The number of amides is 1. The van der Waals surface area contributed by atoms with E-state index in [1.165, 1.54) is 0 Å². The number of likely N-dealkylation sites (N-methyl/N-ethyl adjacent to an activating group) is 1. The SMILES string of the molecule is CCC1NCC(=O)N1CC(C)(C)N(C)C. The van der Waals surface area contributed by atoms with Gasteiger partial charge in [0.25, 0.3) is 0 Å². The summed E-state index contributed by atoms with van der Waals surface area (Å²) in [5.41, 5.74) is 0.0229. The van der Waals surface area contributed by atoms with E-state index in [1.807, 2.05) is 4.90 Å². The van der Waals surface area contributed by atoms with Crippen LogP contribution < -0.4 is 5.32 Å². The normalized spacial score (nSPS) is 22.9. The maximum atomic E-state index is 11.7. The Morgan fingerprint density at radius 2 is 2.13 bits per heavy atom. The molecule has 1 fully saturated rings. The highest BCUT2D eigenvalue weighted by Crippen LogP contribution is 2.17. The van der Waals surface area contributed by atoms with Crippen molar-refractivity contribution in [3.63, 3.8) is 0 Å². The van der Waals surface area contributed by atoms with Gasteiger partial charge in [0.05, 0.1) is 12.7 Å².